The molecule has 0 spiro atoms. The maximum absolute atomic E-state index is 10.1. The maximum atomic E-state index is 10.1. The summed E-state index contributed by atoms with van der Waals surface area (Å²) in [4.78, 5) is 0. The Labute approximate surface area is 110 Å². The number of hydrogen-bond acceptors (Lipinski definition) is 2. The zero-order valence-electron chi connectivity index (χ0n) is 8.76. The fourth-order valence-electron chi connectivity index (χ4n) is 1.21. The molecule has 72 valence electrons. The fraction of sp³-hybridized carbons (Fsp3) is 0.900. The van der Waals surface area contributed by atoms with Crippen LogP contribution in [0.15, 0.2) is 0 Å². The summed E-state index contributed by atoms with van der Waals surface area (Å²) in [6.45, 7) is 0.102. The van der Waals surface area contributed by atoms with Gasteiger partial charge < -0.3 is 5.11 Å². The van der Waals surface area contributed by atoms with Crippen molar-refractivity contribution >= 4 is 17.6 Å². The van der Waals surface area contributed by atoms with Crippen LogP contribution in [0.5, 0.6) is 0 Å². The van der Waals surface area contributed by atoms with Crippen LogP contribution >= 0.6 is 12.2 Å². The van der Waals surface area contributed by atoms with Crippen LogP contribution in [-0.2, 0) is 0 Å². The van der Waals surface area contributed by atoms with E-state index in [1.165, 1.54) is 32.1 Å². The molecule has 0 aliphatic heterocycles. The van der Waals surface area contributed by atoms with Crippen LogP contribution in [0.3, 0.4) is 0 Å². The SMILES string of the molecule is [Na+].[O-]CCCCCCCCCC=S. The van der Waals surface area contributed by atoms with E-state index in [4.69, 9.17) is 12.2 Å². The van der Waals surface area contributed by atoms with Gasteiger partial charge >= 0.3 is 29.6 Å². The molecule has 0 aliphatic rings. The number of thiocarbonyl (C=S) groups is 1. The molecule has 13 heavy (non-hydrogen) atoms. The Morgan fingerprint density at radius 1 is 0.846 bits per heavy atom. The van der Waals surface area contributed by atoms with Gasteiger partial charge in [0.2, 0.25) is 0 Å². The smallest absolute Gasteiger partial charge is 0.854 e. The second kappa shape index (κ2) is 15.5. The monoisotopic (exact) mass is 210 g/mol. The predicted octanol–water partition coefficient (Wildman–Crippen LogP) is -0.529. The number of rotatable bonds is 9. The van der Waals surface area contributed by atoms with Gasteiger partial charge in [0.15, 0.2) is 0 Å². The van der Waals surface area contributed by atoms with Crippen LogP contribution in [-0.4, -0.2) is 12.0 Å². The molecular formula is C10H19NaOS. The van der Waals surface area contributed by atoms with Gasteiger partial charge in [-0.25, -0.2) is 0 Å². The zero-order valence-corrected chi connectivity index (χ0v) is 11.6. The van der Waals surface area contributed by atoms with Gasteiger partial charge in [-0.3, -0.25) is 0 Å². The van der Waals surface area contributed by atoms with Crippen LogP contribution in [0.25, 0.3) is 0 Å². The molecular weight excluding hydrogens is 191 g/mol. The number of unbranched alkanes of at least 4 members (excludes halogenated alkanes) is 7. The first-order valence-electron chi connectivity index (χ1n) is 4.93. The standard InChI is InChI=1S/C10H19OS.Na/c11-9-7-5-3-1-2-4-6-8-10-12;/h10H,1-9H2;/q-1;+1. The van der Waals surface area contributed by atoms with Crippen LogP contribution in [0, 0.1) is 0 Å². The van der Waals surface area contributed by atoms with E-state index in [0.717, 1.165) is 19.3 Å². The molecule has 0 saturated carbocycles. The van der Waals surface area contributed by atoms with Crippen molar-refractivity contribution in [2.24, 2.45) is 0 Å². The first kappa shape index (κ1) is 16.5. The van der Waals surface area contributed by atoms with Gasteiger partial charge in [0, 0.05) is 0 Å². The van der Waals surface area contributed by atoms with E-state index in [2.05, 4.69) is 0 Å². The molecule has 0 saturated heterocycles. The van der Waals surface area contributed by atoms with Crippen LogP contribution in [0.4, 0.5) is 0 Å². The third-order valence-electron chi connectivity index (χ3n) is 1.97. The Kier molecular flexibility index (Phi) is 19.7. The molecule has 0 unspecified atom stereocenters. The summed E-state index contributed by atoms with van der Waals surface area (Å²) >= 11 is 4.73. The quantitative estimate of drug-likeness (QED) is 0.290. The van der Waals surface area contributed by atoms with E-state index < -0.39 is 0 Å². The van der Waals surface area contributed by atoms with Gasteiger partial charge in [-0.1, -0.05) is 50.7 Å². The van der Waals surface area contributed by atoms with E-state index in [1.54, 1.807) is 0 Å². The molecule has 0 amide bonds. The normalized spacial score (nSPS) is 9.31. The Balaban J connectivity index is 0. The Morgan fingerprint density at radius 2 is 1.31 bits per heavy atom. The summed E-state index contributed by atoms with van der Waals surface area (Å²) in [5.41, 5.74) is 0. The van der Waals surface area contributed by atoms with Crippen LogP contribution in [0.1, 0.15) is 51.4 Å². The Hall–Kier alpha value is 1.05. The molecule has 0 aromatic rings. The van der Waals surface area contributed by atoms with Crippen molar-refractivity contribution in [2.45, 2.75) is 51.4 Å². The molecule has 0 heterocycles. The third kappa shape index (κ3) is 15.8. The molecule has 0 bridgehead atoms. The first-order chi connectivity index (χ1) is 5.91. The first-order valence-corrected chi connectivity index (χ1v) is 5.40. The van der Waals surface area contributed by atoms with E-state index in [0.29, 0.717) is 0 Å². The molecule has 3 heteroatoms. The molecule has 0 N–H and O–H groups in total. The molecule has 0 aromatic carbocycles. The van der Waals surface area contributed by atoms with E-state index in [1.807, 2.05) is 5.37 Å². The van der Waals surface area contributed by atoms with Crippen LogP contribution < -0.4 is 34.7 Å². The second-order valence-electron chi connectivity index (χ2n) is 3.13. The van der Waals surface area contributed by atoms with Crippen molar-refractivity contribution in [3.8, 4) is 0 Å². The predicted molar refractivity (Wildman–Crippen MR) is 55.5 cm³/mol. The summed E-state index contributed by atoms with van der Waals surface area (Å²) in [6.07, 6.45) is 9.43. The third-order valence-corrected chi connectivity index (χ3v) is 2.20. The summed E-state index contributed by atoms with van der Waals surface area (Å²) in [5, 5.41) is 11.9. The average Bonchev–Trinajstić information content (AvgIpc) is 2.10. The minimum Gasteiger partial charge on any atom is -0.854 e. The van der Waals surface area contributed by atoms with Gasteiger partial charge in [-0.15, -0.1) is 6.61 Å². The number of hydrogen-bond donors (Lipinski definition) is 0. The van der Waals surface area contributed by atoms with E-state index in [-0.39, 0.29) is 36.2 Å². The summed E-state index contributed by atoms with van der Waals surface area (Å²) in [7, 11) is 0. The molecule has 0 rings (SSSR count). The zero-order chi connectivity index (χ0) is 9.07. The van der Waals surface area contributed by atoms with E-state index in [9.17, 15) is 5.11 Å². The van der Waals surface area contributed by atoms with Crippen molar-refractivity contribution in [1.82, 2.24) is 0 Å². The van der Waals surface area contributed by atoms with Gasteiger partial charge in [-0.05, 0) is 18.2 Å². The largest absolute Gasteiger partial charge is 1.00 e. The van der Waals surface area contributed by atoms with Gasteiger partial charge in [0.25, 0.3) is 0 Å². The average molecular weight is 210 g/mol. The Morgan fingerprint density at radius 3 is 1.77 bits per heavy atom. The molecule has 0 atom stereocenters. The minimum absolute atomic E-state index is 0. The van der Waals surface area contributed by atoms with Gasteiger partial charge in [0.1, 0.15) is 0 Å². The van der Waals surface area contributed by atoms with Gasteiger partial charge in [0.05, 0.1) is 0 Å². The van der Waals surface area contributed by atoms with Crippen molar-refractivity contribution in [3.63, 3.8) is 0 Å². The molecule has 0 fully saturated rings. The van der Waals surface area contributed by atoms with Gasteiger partial charge in [-0.2, -0.15) is 0 Å². The maximum Gasteiger partial charge on any atom is 1.00 e. The molecule has 0 aromatic heterocycles. The van der Waals surface area contributed by atoms with Crippen molar-refractivity contribution < 1.29 is 34.7 Å². The minimum atomic E-state index is 0. The van der Waals surface area contributed by atoms with Crippen molar-refractivity contribution in [3.05, 3.63) is 0 Å². The molecule has 1 nitrogen and oxygen atoms in total. The van der Waals surface area contributed by atoms with Crippen molar-refractivity contribution in [2.75, 3.05) is 6.61 Å². The van der Waals surface area contributed by atoms with Crippen molar-refractivity contribution in [1.29, 1.82) is 0 Å². The summed E-state index contributed by atoms with van der Waals surface area (Å²) in [5.74, 6) is 0. The van der Waals surface area contributed by atoms with Crippen LogP contribution in [0.2, 0.25) is 0 Å². The fourth-order valence-corrected chi connectivity index (χ4v) is 1.38. The molecule has 0 radical (unpaired) electrons. The summed E-state index contributed by atoms with van der Waals surface area (Å²) in [6, 6.07) is 0. The second-order valence-corrected chi connectivity index (χ2v) is 3.47. The molecule has 0 aliphatic carbocycles. The summed E-state index contributed by atoms with van der Waals surface area (Å²) < 4.78 is 0. The Bertz CT molecular complexity index is 98.9. The topological polar surface area (TPSA) is 23.1 Å². The van der Waals surface area contributed by atoms with E-state index >= 15 is 0 Å².